The van der Waals surface area contributed by atoms with E-state index >= 15 is 0 Å². The van der Waals surface area contributed by atoms with Crippen molar-refractivity contribution in [1.29, 1.82) is 0 Å². The Hall–Kier alpha value is -6.72. The van der Waals surface area contributed by atoms with E-state index in [0.717, 1.165) is 60.5 Å². The summed E-state index contributed by atoms with van der Waals surface area (Å²) in [6.07, 6.45) is 0. The van der Waals surface area contributed by atoms with Gasteiger partial charge in [0.15, 0.2) is 0 Å². The van der Waals surface area contributed by atoms with Crippen molar-refractivity contribution in [3.05, 3.63) is 151 Å². The summed E-state index contributed by atoms with van der Waals surface area (Å²) in [7, 11) is 0. The number of rotatable bonds is 1. The Morgan fingerprint density at radius 1 is 0.527 bits per heavy atom. The topological polar surface area (TPSA) is 34.5 Å². The van der Waals surface area contributed by atoms with Crippen molar-refractivity contribution in [3.8, 4) is 16.8 Å². The summed E-state index contributed by atoms with van der Waals surface area (Å²) in [5.41, 5.74) is 16.0. The van der Waals surface area contributed by atoms with Crippen molar-refractivity contribution in [1.82, 2.24) is 4.57 Å². The molecule has 2 aliphatic heterocycles. The Morgan fingerprint density at radius 3 is 2.00 bits per heavy atom. The number of furan rings is 2. The largest absolute Gasteiger partial charge is 0.456 e. The van der Waals surface area contributed by atoms with Gasteiger partial charge in [-0.25, -0.2) is 0 Å². The zero-order valence-electron chi connectivity index (χ0n) is 30.6. The number of fused-ring (bicyclic) bond motifs is 16. The van der Waals surface area contributed by atoms with Crippen molar-refractivity contribution < 1.29 is 8.83 Å². The van der Waals surface area contributed by atoms with Crippen LogP contribution >= 0.6 is 0 Å². The molecule has 13 rings (SSSR count). The molecule has 3 aromatic heterocycles. The minimum Gasteiger partial charge on any atom is -0.456 e. The summed E-state index contributed by atoms with van der Waals surface area (Å²) in [6, 6.07) is 53.6. The van der Waals surface area contributed by atoms with E-state index in [1.807, 2.05) is 0 Å². The van der Waals surface area contributed by atoms with Gasteiger partial charge in [-0.2, -0.15) is 0 Å². The summed E-state index contributed by atoms with van der Waals surface area (Å²) >= 11 is 0. The molecule has 4 nitrogen and oxygen atoms in total. The van der Waals surface area contributed by atoms with Crippen LogP contribution < -0.4 is 15.7 Å². The first-order chi connectivity index (χ1) is 26.9. The van der Waals surface area contributed by atoms with Crippen molar-refractivity contribution in [2.24, 2.45) is 0 Å². The predicted molar refractivity (Wildman–Crippen MR) is 231 cm³/mol. The molecule has 0 atom stereocenters. The SMILES string of the molecule is CC(C)(C)c1ccc(N2B3c4cc5oc6ccccc6c5cc4-n4c5ccc6c7ccccc7oc6c5c5ccc(c3c54)-c3cc4ccccc4cc32)cc1. The lowest BCUT2D eigenvalue weighted by atomic mass is 9.44. The molecule has 2 aliphatic rings. The minimum absolute atomic E-state index is 0.0422. The minimum atomic E-state index is -0.122. The van der Waals surface area contributed by atoms with Crippen LogP contribution in [0.4, 0.5) is 11.4 Å². The molecule has 0 saturated carbocycles. The fourth-order valence-electron chi connectivity index (χ4n) is 9.96. The highest BCUT2D eigenvalue weighted by atomic mass is 16.3. The Balaban J connectivity index is 1.23. The lowest BCUT2D eigenvalue weighted by Crippen LogP contribution is -2.60. The van der Waals surface area contributed by atoms with E-state index in [9.17, 15) is 0 Å². The maximum atomic E-state index is 6.79. The second-order valence-electron chi connectivity index (χ2n) is 16.5. The van der Waals surface area contributed by atoms with Crippen LogP contribution in [0.2, 0.25) is 0 Å². The fourth-order valence-corrected chi connectivity index (χ4v) is 9.96. The van der Waals surface area contributed by atoms with Crippen LogP contribution in [0.5, 0.6) is 0 Å². The standard InChI is InChI=1S/C50H33BN2O2/c1-50(2,3)30-16-18-31(19-17-30)53-41-25-29-11-5-4-10-28(29)24-37(41)34-20-21-36-46-40(23-22-35-32-12-6-9-15-44(32)55-49(35)46)52-42-26-38-33-13-7-8-14-43(33)54-45(38)27-39(42)51(53)47(34)48(36)52/h4-27H,1-3H3. The van der Waals surface area contributed by atoms with Crippen molar-refractivity contribution in [2.45, 2.75) is 26.2 Å². The summed E-state index contributed by atoms with van der Waals surface area (Å²) in [6.45, 7) is 6.73. The number of aromatic nitrogens is 1. The Labute approximate surface area is 316 Å². The first-order valence-corrected chi connectivity index (χ1v) is 19.2. The van der Waals surface area contributed by atoms with Gasteiger partial charge in [0, 0.05) is 49.6 Å². The molecular formula is C50H33BN2O2. The van der Waals surface area contributed by atoms with Gasteiger partial charge in [-0.05, 0) is 98.9 Å². The van der Waals surface area contributed by atoms with Gasteiger partial charge < -0.3 is 18.2 Å². The van der Waals surface area contributed by atoms with Crippen molar-refractivity contribution >= 4 is 106 Å². The highest BCUT2D eigenvalue weighted by Crippen LogP contribution is 2.48. The quantitative estimate of drug-likeness (QED) is 0.160. The number of hydrogen-bond acceptors (Lipinski definition) is 3. The summed E-state index contributed by atoms with van der Waals surface area (Å²) in [5.74, 6) is 0. The van der Waals surface area contributed by atoms with Crippen molar-refractivity contribution in [2.75, 3.05) is 4.81 Å². The van der Waals surface area contributed by atoms with E-state index in [4.69, 9.17) is 8.83 Å². The summed E-state index contributed by atoms with van der Waals surface area (Å²) < 4.78 is 16.0. The van der Waals surface area contributed by atoms with Gasteiger partial charge in [-0.15, -0.1) is 0 Å². The van der Waals surface area contributed by atoms with Crippen LogP contribution in [0.15, 0.2) is 154 Å². The third-order valence-electron chi connectivity index (χ3n) is 12.5. The lowest BCUT2D eigenvalue weighted by Gasteiger charge is -2.42. The molecule has 55 heavy (non-hydrogen) atoms. The molecule has 0 saturated heterocycles. The summed E-state index contributed by atoms with van der Waals surface area (Å²) in [5, 5.41) is 9.36. The molecular weight excluding hydrogens is 671 g/mol. The zero-order valence-corrected chi connectivity index (χ0v) is 30.6. The van der Waals surface area contributed by atoms with E-state index in [1.165, 1.54) is 60.7 Å². The predicted octanol–water partition coefficient (Wildman–Crippen LogP) is 12.3. The van der Waals surface area contributed by atoms with Crippen LogP contribution in [0.3, 0.4) is 0 Å². The summed E-state index contributed by atoms with van der Waals surface area (Å²) in [4.78, 5) is 2.60. The van der Waals surface area contributed by atoms with E-state index in [-0.39, 0.29) is 12.3 Å². The Kier molecular flexibility index (Phi) is 5.44. The van der Waals surface area contributed by atoms with Crippen LogP contribution in [0.25, 0.3) is 93.3 Å². The van der Waals surface area contributed by atoms with E-state index in [0.29, 0.717) is 0 Å². The molecule has 0 bridgehead atoms. The van der Waals surface area contributed by atoms with Gasteiger partial charge in [0.05, 0.1) is 16.4 Å². The first-order valence-electron chi connectivity index (χ1n) is 19.2. The zero-order chi connectivity index (χ0) is 36.3. The molecule has 0 radical (unpaired) electrons. The number of hydrogen-bond donors (Lipinski definition) is 0. The van der Waals surface area contributed by atoms with E-state index in [1.54, 1.807) is 0 Å². The van der Waals surface area contributed by atoms with Gasteiger partial charge in [0.1, 0.15) is 22.3 Å². The molecule has 258 valence electrons. The van der Waals surface area contributed by atoms with Gasteiger partial charge in [-0.1, -0.05) is 106 Å². The average Bonchev–Trinajstić information content (AvgIpc) is 3.88. The molecule has 0 N–H and O–H groups in total. The second kappa shape index (κ2) is 10.1. The highest BCUT2D eigenvalue weighted by Gasteiger charge is 2.44. The number of nitrogens with zero attached hydrogens (tertiary/aromatic N) is 2. The molecule has 0 unspecified atom stereocenters. The monoisotopic (exact) mass is 704 g/mol. The smallest absolute Gasteiger partial charge is 0.333 e. The van der Waals surface area contributed by atoms with Gasteiger partial charge >= 0.3 is 6.85 Å². The number of para-hydroxylation sites is 2. The molecule has 8 aromatic carbocycles. The molecule has 5 heterocycles. The highest BCUT2D eigenvalue weighted by molar-refractivity contribution is 6.94. The van der Waals surface area contributed by atoms with Crippen LogP contribution in [0.1, 0.15) is 26.3 Å². The lowest BCUT2D eigenvalue weighted by molar-refractivity contribution is 0.590. The Bertz CT molecular complexity index is 3490. The van der Waals surface area contributed by atoms with Crippen LogP contribution in [-0.2, 0) is 5.41 Å². The van der Waals surface area contributed by atoms with Gasteiger partial charge in [0.25, 0.3) is 0 Å². The maximum Gasteiger partial charge on any atom is 0.333 e. The molecule has 0 aliphatic carbocycles. The van der Waals surface area contributed by atoms with E-state index in [2.05, 4.69) is 176 Å². The third-order valence-corrected chi connectivity index (χ3v) is 12.5. The number of anilines is 2. The number of benzene rings is 8. The Morgan fingerprint density at radius 2 is 1.22 bits per heavy atom. The molecule has 0 spiro atoms. The fraction of sp³-hybridized carbons (Fsp3) is 0.0800. The first kappa shape index (κ1) is 29.7. The van der Waals surface area contributed by atoms with Crippen LogP contribution in [0, 0.1) is 0 Å². The molecule has 11 aromatic rings. The maximum absolute atomic E-state index is 6.79. The van der Waals surface area contributed by atoms with Crippen molar-refractivity contribution in [3.63, 3.8) is 0 Å². The van der Waals surface area contributed by atoms with Crippen LogP contribution in [-0.4, -0.2) is 11.4 Å². The average molecular weight is 705 g/mol. The molecule has 5 heteroatoms. The molecule has 0 fully saturated rings. The van der Waals surface area contributed by atoms with Gasteiger partial charge in [-0.3, -0.25) is 0 Å². The third kappa shape index (κ3) is 3.77. The molecule has 0 amide bonds. The van der Waals surface area contributed by atoms with E-state index < -0.39 is 0 Å². The second-order valence-corrected chi connectivity index (χ2v) is 16.5. The normalized spacial score (nSPS) is 13.7. The van der Waals surface area contributed by atoms with Gasteiger partial charge in [0.2, 0.25) is 0 Å².